The molecule has 0 saturated carbocycles. The summed E-state index contributed by atoms with van der Waals surface area (Å²) in [6, 6.07) is 0. The maximum absolute atomic E-state index is 10.8. The van der Waals surface area contributed by atoms with E-state index in [4.69, 9.17) is 5.11 Å². The second-order valence-electron chi connectivity index (χ2n) is 4.10. The number of aromatic nitrogens is 4. The number of carbonyl (C=O) groups is 1. The van der Waals surface area contributed by atoms with E-state index in [1.165, 1.54) is 0 Å². The van der Waals surface area contributed by atoms with Crippen molar-refractivity contribution >= 4 is 5.97 Å². The Kier molecular flexibility index (Phi) is 3.10. The molecule has 0 radical (unpaired) electrons. The van der Waals surface area contributed by atoms with E-state index in [2.05, 4.69) is 15.1 Å². The average molecular weight is 246 g/mol. The van der Waals surface area contributed by atoms with Crippen molar-refractivity contribution in [2.45, 2.75) is 27.2 Å². The van der Waals surface area contributed by atoms with Crippen LogP contribution in [0.1, 0.15) is 22.6 Å². The van der Waals surface area contributed by atoms with Crippen LogP contribution in [-0.2, 0) is 11.2 Å². The largest absolute Gasteiger partial charge is 0.481 e. The van der Waals surface area contributed by atoms with Crippen LogP contribution in [0.25, 0.3) is 5.82 Å². The minimum absolute atomic E-state index is 0.0308. The zero-order valence-corrected chi connectivity index (χ0v) is 10.5. The molecule has 0 spiro atoms. The standard InChI is InChI=1S/C12H14N4O2/c1-7-10(6-11(17)18)9(3)16(15-7)12-8(2)13-4-5-14-12/h4-5H,6H2,1-3H3,(H,17,18). The molecule has 94 valence electrons. The minimum Gasteiger partial charge on any atom is -0.481 e. The SMILES string of the molecule is Cc1nccnc1-n1nc(C)c(CC(=O)O)c1C. The first-order chi connectivity index (χ1) is 8.50. The van der Waals surface area contributed by atoms with Gasteiger partial charge >= 0.3 is 5.97 Å². The molecule has 0 saturated heterocycles. The van der Waals surface area contributed by atoms with Gasteiger partial charge in [-0.2, -0.15) is 5.10 Å². The van der Waals surface area contributed by atoms with E-state index in [1.807, 2.05) is 13.8 Å². The molecule has 18 heavy (non-hydrogen) atoms. The van der Waals surface area contributed by atoms with Gasteiger partial charge in [0, 0.05) is 23.7 Å². The fourth-order valence-electron chi connectivity index (χ4n) is 1.90. The lowest BCUT2D eigenvalue weighted by molar-refractivity contribution is -0.136. The van der Waals surface area contributed by atoms with Crippen molar-refractivity contribution in [3.63, 3.8) is 0 Å². The zero-order chi connectivity index (χ0) is 13.3. The number of carboxylic acids is 1. The number of nitrogens with zero attached hydrogens (tertiary/aromatic N) is 4. The topological polar surface area (TPSA) is 80.9 Å². The van der Waals surface area contributed by atoms with Gasteiger partial charge in [0.25, 0.3) is 0 Å². The second kappa shape index (κ2) is 4.56. The van der Waals surface area contributed by atoms with Crippen LogP contribution < -0.4 is 0 Å². The summed E-state index contributed by atoms with van der Waals surface area (Å²) in [5.74, 6) is -0.230. The Morgan fingerprint density at radius 2 is 1.89 bits per heavy atom. The van der Waals surface area contributed by atoms with E-state index in [1.54, 1.807) is 24.0 Å². The third kappa shape index (κ3) is 2.09. The fraction of sp³-hybridized carbons (Fsp3) is 0.333. The fourth-order valence-corrected chi connectivity index (χ4v) is 1.90. The van der Waals surface area contributed by atoms with E-state index in [9.17, 15) is 4.79 Å². The number of rotatable bonds is 3. The highest BCUT2D eigenvalue weighted by molar-refractivity contribution is 5.71. The van der Waals surface area contributed by atoms with Gasteiger partial charge in [-0.25, -0.2) is 9.67 Å². The molecule has 0 amide bonds. The van der Waals surface area contributed by atoms with Crippen LogP contribution >= 0.6 is 0 Å². The maximum Gasteiger partial charge on any atom is 0.307 e. The summed E-state index contributed by atoms with van der Waals surface area (Å²) in [7, 11) is 0. The molecule has 0 atom stereocenters. The monoisotopic (exact) mass is 246 g/mol. The van der Waals surface area contributed by atoms with Crippen LogP contribution in [0, 0.1) is 20.8 Å². The van der Waals surface area contributed by atoms with Crippen molar-refractivity contribution in [3.8, 4) is 5.82 Å². The van der Waals surface area contributed by atoms with Gasteiger partial charge in [-0.15, -0.1) is 0 Å². The smallest absolute Gasteiger partial charge is 0.307 e. The molecule has 0 aliphatic carbocycles. The molecular weight excluding hydrogens is 232 g/mol. The summed E-state index contributed by atoms with van der Waals surface area (Å²) in [6.45, 7) is 5.48. The highest BCUT2D eigenvalue weighted by Crippen LogP contribution is 2.18. The van der Waals surface area contributed by atoms with E-state index < -0.39 is 5.97 Å². The van der Waals surface area contributed by atoms with Crippen LogP contribution in [0.3, 0.4) is 0 Å². The van der Waals surface area contributed by atoms with Crippen LogP contribution in [0.2, 0.25) is 0 Å². The van der Waals surface area contributed by atoms with Gasteiger partial charge in [0.05, 0.1) is 17.8 Å². The van der Waals surface area contributed by atoms with Crippen LogP contribution in [0.15, 0.2) is 12.4 Å². The third-order valence-corrected chi connectivity index (χ3v) is 2.83. The molecule has 6 nitrogen and oxygen atoms in total. The Morgan fingerprint density at radius 3 is 2.50 bits per heavy atom. The van der Waals surface area contributed by atoms with Gasteiger partial charge in [-0.05, 0) is 20.8 Å². The molecule has 0 fully saturated rings. The Balaban J connectivity index is 2.54. The quantitative estimate of drug-likeness (QED) is 0.880. The molecule has 2 aromatic heterocycles. The van der Waals surface area contributed by atoms with Gasteiger partial charge < -0.3 is 5.11 Å². The molecule has 2 heterocycles. The van der Waals surface area contributed by atoms with Gasteiger partial charge in [0.1, 0.15) is 0 Å². The lowest BCUT2D eigenvalue weighted by Gasteiger charge is -2.05. The number of aliphatic carboxylic acids is 1. The second-order valence-corrected chi connectivity index (χ2v) is 4.10. The Bertz CT molecular complexity index is 604. The van der Waals surface area contributed by atoms with Crippen molar-refractivity contribution in [1.82, 2.24) is 19.7 Å². The third-order valence-electron chi connectivity index (χ3n) is 2.83. The average Bonchev–Trinajstić information content (AvgIpc) is 2.57. The summed E-state index contributed by atoms with van der Waals surface area (Å²) in [6.07, 6.45) is 3.18. The summed E-state index contributed by atoms with van der Waals surface area (Å²) < 4.78 is 1.65. The highest BCUT2D eigenvalue weighted by atomic mass is 16.4. The lowest BCUT2D eigenvalue weighted by Crippen LogP contribution is -2.06. The number of carboxylic acid groups (broad SMARTS) is 1. The predicted octanol–water partition coefficient (Wildman–Crippen LogP) is 1.21. The molecule has 0 bridgehead atoms. The Hall–Kier alpha value is -2.24. The zero-order valence-electron chi connectivity index (χ0n) is 10.5. The van der Waals surface area contributed by atoms with E-state index >= 15 is 0 Å². The van der Waals surface area contributed by atoms with Gasteiger partial charge in [-0.3, -0.25) is 9.78 Å². The molecule has 0 unspecified atom stereocenters. The summed E-state index contributed by atoms with van der Waals surface area (Å²) in [5, 5.41) is 13.2. The Labute approximate surface area is 104 Å². The van der Waals surface area contributed by atoms with Crippen molar-refractivity contribution < 1.29 is 9.90 Å². The van der Waals surface area contributed by atoms with Gasteiger partial charge in [0.15, 0.2) is 5.82 Å². The van der Waals surface area contributed by atoms with Crippen LogP contribution in [0.4, 0.5) is 0 Å². The van der Waals surface area contributed by atoms with Crippen molar-refractivity contribution in [1.29, 1.82) is 0 Å². The van der Waals surface area contributed by atoms with Gasteiger partial charge in [0.2, 0.25) is 0 Å². The van der Waals surface area contributed by atoms with Gasteiger partial charge in [-0.1, -0.05) is 0 Å². The Morgan fingerprint density at radius 1 is 1.22 bits per heavy atom. The molecule has 0 aliphatic rings. The summed E-state index contributed by atoms with van der Waals surface area (Å²) in [4.78, 5) is 19.2. The first kappa shape index (κ1) is 12.2. The van der Waals surface area contributed by atoms with Crippen LogP contribution in [-0.4, -0.2) is 30.8 Å². The first-order valence-corrected chi connectivity index (χ1v) is 5.55. The molecular formula is C12H14N4O2. The van der Waals surface area contributed by atoms with Crippen molar-refractivity contribution in [2.75, 3.05) is 0 Å². The van der Waals surface area contributed by atoms with E-state index in [-0.39, 0.29) is 6.42 Å². The number of hydrogen-bond donors (Lipinski definition) is 1. The molecule has 0 aliphatic heterocycles. The molecule has 2 aromatic rings. The maximum atomic E-state index is 10.8. The number of hydrogen-bond acceptors (Lipinski definition) is 4. The minimum atomic E-state index is -0.864. The van der Waals surface area contributed by atoms with Crippen molar-refractivity contribution in [2.24, 2.45) is 0 Å². The summed E-state index contributed by atoms with van der Waals surface area (Å²) >= 11 is 0. The summed E-state index contributed by atoms with van der Waals surface area (Å²) in [5.41, 5.74) is 2.98. The van der Waals surface area contributed by atoms with E-state index in [0.29, 0.717) is 11.5 Å². The molecule has 6 heteroatoms. The molecule has 0 aromatic carbocycles. The normalized spacial score (nSPS) is 10.6. The van der Waals surface area contributed by atoms with E-state index in [0.717, 1.165) is 17.0 Å². The predicted molar refractivity (Wildman–Crippen MR) is 64.7 cm³/mol. The highest BCUT2D eigenvalue weighted by Gasteiger charge is 2.17. The van der Waals surface area contributed by atoms with Crippen molar-refractivity contribution in [3.05, 3.63) is 35.0 Å². The first-order valence-electron chi connectivity index (χ1n) is 5.55. The lowest BCUT2D eigenvalue weighted by atomic mass is 10.1. The van der Waals surface area contributed by atoms with Crippen LogP contribution in [0.5, 0.6) is 0 Å². The molecule has 2 rings (SSSR count). The number of aryl methyl sites for hydroxylation is 2. The molecule has 1 N–H and O–H groups in total.